The molecule has 1 atom stereocenters. The standard InChI is InChI=1S/C17H26N2O6S/c1-17(2,3)25-16(21)19-12(5-10-15(18)20)11-24-13-6-8-14(9-7-13)26(4,22)23/h6-9,12H,5,10-11H2,1-4H3,(H2,18,20)(H,19,21). The monoisotopic (exact) mass is 386 g/mol. The van der Waals surface area contributed by atoms with Crippen molar-refractivity contribution in [3.63, 3.8) is 0 Å². The van der Waals surface area contributed by atoms with Crippen LogP contribution in [0.3, 0.4) is 0 Å². The van der Waals surface area contributed by atoms with Crippen molar-refractivity contribution in [2.45, 2.75) is 50.2 Å². The summed E-state index contributed by atoms with van der Waals surface area (Å²) in [5, 5.41) is 2.64. The van der Waals surface area contributed by atoms with Crippen molar-refractivity contribution in [3.05, 3.63) is 24.3 Å². The third kappa shape index (κ3) is 8.70. The summed E-state index contributed by atoms with van der Waals surface area (Å²) < 4.78 is 33.7. The summed E-state index contributed by atoms with van der Waals surface area (Å²) in [6, 6.07) is 5.42. The Kier molecular flexibility index (Phi) is 7.43. The van der Waals surface area contributed by atoms with Gasteiger partial charge in [0, 0.05) is 12.7 Å². The van der Waals surface area contributed by atoms with Crippen molar-refractivity contribution < 1.29 is 27.5 Å². The highest BCUT2D eigenvalue weighted by Gasteiger charge is 2.20. The lowest BCUT2D eigenvalue weighted by molar-refractivity contribution is -0.118. The van der Waals surface area contributed by atoms with Crippen LogP contribution in [-0.4, -0.2) is 44.9 Å². The van der Waals surface area contributed by atoms with Gasteiger partial charge in [-0.05, 0) is 51.5 Å². The van der Waals surface area contributed by atoms with E-state index in [2.05, 4.69) is 5.32 Å². The fraction of sp³-hybridized carbons (Fsp3) is 0.529. The molecule has 1 rings (SSSR count). The first-order valence-electron chi connectivity index (χ1n) is 8.07. The van der Waals surface area contributed by atoms with Crippen LogP contribution in [-0.2, 0) is 19.4 Å². The second-order valence-corrected chi connectivity index (χ2v) is 8.92. The van der Waals surface area contributed by atoms with Gasteiger partial charge < -0.3 is 20.5 Å². The Morgan fingerprint density at radius 3 is 2.23 bits per heavy atom. The Morgan fingerprint density at radius 2 is 1.77 bits per heavy atom. The topological polar surface area (TPSA) is 125 Å². The maximum absolute atomic E-state index is 11.9. The van der Waals surface area contributed by atoms with Gasteiger partial charge in [0.2, 0.25) is 5.91 Å². The van der Waals surface area contributed by atoms with E-state index in [0.717, 1.165) is 6.26 Å². The average molecular weight is 386 g/mol. The molecule has 0 saturated carbocycles. The molecule has 26 heavy (non-hydrogen) atoms. The predicted octanol–water partition coefficient (Wildman–Crippen LogP) is 1.63. The summed E-state index contributed by atoms with van der Waals surface area (Å²) in [5.41, 5.74) is 4.51. The minimum Gasteiger partial charge on any atom is -0.491 e. The molecule has 0 aliphatic rings. The number of carbonyl (C=O) groups excluding carboxylic acids is 2. The van der Waals surface area contributed by atoms with Gasteiger partial charge in [0.05, 0.1) is 10.9 Å². The highest BCUT2D eigenvalue weighted by Crippen LogP contribution is 2.16. The van der Waals surface area contributed by atoms with Crippen molar-refractivity contribution in [2.24, 2.45) is 5.73 Å². The van der Waals surface area contributed by atoms with Crippen LogP contribution in [0.1, 0.15) is 33.6 Å². The zero-order chi connectivity index (χ0) is 20.0. The summed E-state index contributed by atoms with van der Waals surface area (Å²) in [6.07, 6.45) is 0.864. The number of primary amides is 1. The quantitative estimate of drug-likeness (QED) is 0.699. The molecular weight excluding hydrogens is 360 g/mol. The number of rotatable bonds is 8. The Bertz CT molecular complexity index is 723. The largest absolute Gasteiger partial charge is 0.491 e. The van der Waals surface area contributed by atoms with Crippen LogP contribution in [0.25, 0.3) is 0 Å². The smallest absolute Gasteiger partial charge is 0.407 e. The normalized spacial score (nSPS) is 12.9. The zero-order valence-electron chi connectivity index (χ0n) is 15.4. The molecule has 146 valence electrons. The minimum atomic E-state index is -3.28. The van der Waals surface area contributed by atoms with Crippen LogP contribution in [0, 0.1) is 0 Å². The predicted molar refractivity (Wildman–Crippen MR) is 96.6 cm³/mol. The third-order valence-corrected chi connectivity index (χ3v) is 4.29. The van der Waals surface area contributed by atoms with E-state index < -0.39 is 33.5 Å². The van der Waals surface area contributed by atoms with Gasteiger partial charge in [0.1, 0.15) is 18.0 Å². The summed E-state index contributed by atoms with van der Waals surface area (Å²) in [5.74, 6) is -0.0500. The van der Waals surface area contributed by atoms with Crippen LogP contribution in [0.4, 0.5) is 4.79 Å². The second kappa shape index (κ2) is 8.88. The number of alkyl carbamates (subject to hydrolysis) is 1. The van der Waals surface area contributed by atoms with Gasteiger partial charge in [-0.2, -0.15) is 0 Å². The number of sulfone groups is 1. The van der Waals surface area contributed by atoms with Gasteiger partial charge in [-0.25, -0.2) is 13.2 Å². The van der Waals surface area contributed by atoms with Crippen LogP contribution >= 0.6 is 0 Å². The highest BCUT2D eigenvalue weighted by atomic mass is 32.2. The number of hydrogen-bond donors (Lipinski definition) is 2. The molecule has 0 fully saturated rings. The van der Waals surface area contributed by atoms with Gasteiger partial charge in [-0.3, -0.25) is 4.79 Å². The molecule has 2 amide bonds. The number of ether oxygens (including phenoxy) is 2. The first kappa shape index (κ1) is 21.8. The number of benzene rings is 1. The lowest BCUT2D eigenvalue weighted by atomic mass is 10.1. The Hall–Kier alpha value is -2.29. The van der Waals surface area contributed by atoms with E-state index in [9.17, 15) is 18.0 Å². The molecule has 0 aliphatic carbocycles. The van der Waals surface area contributed by atoms with E-state index >= 15 is 0 Å². The summed E-state index contributed by atoms with van der Waals surface area (Å²) in [6.45, 7) is 5.30. The Labute approximate surface area is 154 Å². The maximum Gasteiger partial charge on any atom is 0.407 e. The van der Waals surface area contributed by atoms with Crippen molar-refractivity contribution in [1.29, 1.82) is 0 Å². The molecule has 1 aromatic rings. The molecule has 0 aliphatic heterocycles. The third-order valence-electron chi connectivity index (χ3n) is 3.16. The number of nitrogens with one attached hydrogen (secondary N) is 1. The first-order chi connectivity index (χ1) is 11.9. The SMILES string of the molecule is CC(C)(C)OC(=O)NC(CCC(N)=O)COc1ccc(S(C)(=O)=O)cc1. The molecule has 3 N–H and O–H groups in total. The Balaban J connectivity index is 2.70. The average Bonchev–Trinajstić information content (AvgIpc) is 2.47. The zero-order valence-corrected chi connectivity index (χ0v) is 16.3. The molecule has 0 spiro atoms. The summed E-state index contributed by atoms with van der Waals surface area (Å²) in [4.78, 5) is 23.1. The molecule has 9 heteroatoms. The van der Waals surface area contributed by atoms with Crippen molar-refractivity contribution in [3.8, 4) is 5.75 Å². The van der Waals surface area contributed by atoms with Crippen molar-refractivity contribution >= 4 is 21.8 Å². The van der Waals surface area contributed by atoms with Crippen LogP contribution in [0.5, 0.6) is 5.75 Å². The molecule has 0 saturated heterocycles. The lowest BCUT2D eigenvalue weighted by Gasteiger charge is -2.23. The molecule has 1 aromatic carbocycles. The van der Waals surface area contributed by atoms with Crippen LogP contribution in [0.2, 0.25) is 0 Å². The molecule has 0 heterocycles. The molecule has 1 unspecified atom stereocenters. The number of nitrogens with two attached hydrogens (primary N) is 1. The molecule has 0 aromatic heterocycles. The van der Waals surface area contributed by atoms with Gasteiger partial charge >= 0.3 is 6.09 Å². The van der Waals surface area contributed by atoms with Gasteiger partial charge in [0.15, 0.2) is 9.84 Å². The van der Waals surface area contributed by atoms with Crippen LogP contribution in [0.15, 0.2) is 29.2 Å². The van der Waals surface area contributed by atoms with E-state index in [0.29, 0.717) is 5.75 Å². The van der Waals surface area contributed by atoms with Gasteiger partial charge in [0.25, 0.3) is 0 Å². The maximum atomic E-state index is 11.9. The molecule has 0 radical (unpaired) electrons. The summed E-state index contributed by atoms with van der Waals surface area (Å²) in [7, 11) is -3.28. The van der Waals surface area contributed by atoms with Gasteiger partial charge in [-0.1, -0.05) is 0 Å². The Morgan fingerprint density at radius 1 is 1.19 bits per heavy atom. The van der Waals surface area contributed by atoms with E-state index in [1.807, 2.05) is 0 Å². The number of amides is 2. The number of hydrogen-bond acceptors (Lipinski definition) is 6. The van der Waals surface area contributed by atoms with E-state index in [4.69, 9.17) is 15.2 Å². The van der Waals surface area contributed by atoms with E-state index in [1.54, 1.807) is 20.8 Å². The molecule has 8 nitrogen and oxygen atoms in total. The van der Waals surface area contributed by atoms with Crippen molar-refractivity contribution in [1.82, 2.24) is 5.32 Å². The molecule has 0 bridgehead atoms. The van der Waals surface area contributed by atoms with E-state index in [1.165, 1.54) is 24.3 Å². The van der Waals surface area contributed by atoms with Gasteiger partial charge in [-0.15, -0.1) is 0 Å². The number of carbonyl (C=O) groups is 2. The fourth-order valence-electron chi connectivity index (χ4n) is 1.97. The lowest BCUT2D eigenvalue weighted by Crippen LogP contribution is -2.42. The first-order valence-corrected chi connectivity index (χ1v) is 9.97. The van der Waals surface area contributed by atoms with Crippen LogP contribution < -0.4 is 15.8 Å². The minimum absolute atomic E-state index is 0.0742. The highest BCUT2D eigenvalue weighted by molar-refractivity contribution is 7.90. The van der Waals surface area contributed by atoms with E-state index in [-0.39, 0.29) is 24.3 Å². The van der Waals surface area contributed by atoms with Crippen molar-refractivity contribution in [2.75, 3.05) is 12.9 Å². The fourth-order valence-corrected chi connectivity index (χ4v) is 2.60. The summed E-state index contributed by atoms with van der Waals surface area (Å²) >= 11 is 0. The second-order valence-electron chi connectivity index (χ2n) is 6.90. The molecular formula is C17H26N2O6S.